The van der Waals surface area contributed by atoms with Gasteiger partial charge in [-0.15, -0.1) is 10.2 Å². The number of pyridine rings is 1. The zero-order valence-corrected chi connectivity index (χ0v) is 18.6. The molecule has 3 aromatic heterocycles. The monoisotopic (exact) mass is 412 g/mol. The molecule has 0 radical (unpaired) electrons. The summed E-state index contributed by atoms with van der Waals surface area (Å²) in [6.45, 7) is 7.36. The van der Waals surface area contributed by atoms with Crippen molar-refractivity contribution >= 4 is 33.1 Å². The highest BCUT2D eigenvalue weighted by atomic mass is 15.3. The molecule has 0 saturated heterocycles. The number of benzene rings is 2. The fraction of sp³-hybridized carbons (Fsp3) is 0.320. The Labute approximate surface area is 181 Å². The molecule has 158 valence electrons. The molecule has 2 aromatic carbocycles. The SMILES string of the molecule is Cn1c(CCCNc2cccc3ccn4c(C(C)(C)C)nnc4c23)nc2ccccc21. The molecule has 0 aliphatic heterocycles. The number of para-hydroxylation sites is 2. The molecule has 0 saturated carbocycles. The van der Waals surface area contributed by atoms with Gasteiger partial charge in [-0.05, 0) is 36.1 Å². The Morgan fingerprint density at radius 1 is 0.968 bits per heavy atom. The second kappa shape index (κ2) is 7.38. The van der Waals surface area contributed by atoms with E-state index in [9.17, 15) is 0 Å². The first kappa shape index (κ1) is 19.5. The number of imidazole rings is 1. The van der Waals surface area contributed by atoms with Crippen molar-refractivity contribution in [2.24, 2.45) is 7.05 Å². The van der Waals surface area contributed by atoms with Crippen molar-refractivity contribution in [2.45, 2.75) is 39.0 Å². The van der Waals surface area contributed by atoms with Crippen molar-refractivity contribution < 1.29 is 0 Å². The molecule has 5 aromatic rings. The van der Waals surface area contributed by atoms with Gasteiger partial charge in [0.05, 0.1) is 16.4 Å². The number of nitrogens with one attached hydrogen (secondary N) is 1. The first-order chi connectivity index (χ1) is 14.9. The molecule has 0 amide bonds. The summed E-state index contributed by atoms with van der Waals surface area (Å²) >= 11 is 0. The van der Waals surface area contributed by atoms with Crippen LogP contribution in [0.3, 0.4) is 0 Å². The first-order valence-corrected chi connectivity index (χ1v) is 10.8. The van der Waals surface area contributed by atoms with Gasteiger partial charge >= 0.3 is 0 Å². The van der Waals surface area contributed by atoms with E-state index in [2.05, 4.69) is 101 Å². The molecule has 6 nitrogen and oxygen atoms in total. The number of anilines is 1. The summed E-state index contributed by atoms with van der Waals surface area (Å²) in [4.78, 5) is 4.79. The van der Waals surface area contributed by atoms with E-state index in [1.807, 2.05) is 6.07 Å². The Bertz CT molecular complexity index is 1390. The Morgan fingerprint density at radius 3 is 2.61 bits per heavy atom. The van der Waals surface area contributed by atoms with Crippen LogP contribution < -0.4 is 5.32 Å². The van der Waals surface area contributed by atoms with Crippen molar-refractivity contribution in [1.82, 2.24) is 24.1 Å². The number of rotatable bonds is 5. The van der Waals surface area contributed by atoms with Crippen molar-refractivity contribution in [3.63, 3.8) is 0 Å². The number of nitrogens with zero attached hydrogens (tertiary/aromatic N) is 5. The Kier molecular flexibility index (Phi) is 4.65. The molecule has 5 rings (SSSR count). The number of aromatic nitrogens is 5. The van der Waals surface area contributed by atoms with Crippen LogP contribution in [-0.4, -0.2) is 30.7 Å². The van der Waals surface area contributed by atoms with Gasteiger partial charge in [-0.25, -0.2) is 4.98 Å². The van der Waals surface area contributed by atoms with Gasteiger partial charge < -0.3 is 9.88 Å². The Balaban J connectivity index is 1.39. The van der Waals surface area contributed by atoms with Crippen LogP contribution in [0.1, 0.15) is 38.8 Å². The first-order valence-electron chi connectivity index (χ1n) is 10.8. The van der Waals surface area contributed by atoms with Gasteiger partial charge in [0, 0.05) is 37.3 Å². The summed E-state index contributed by atoms with van der Waals surface area (Å²) in [6.07, 6.45) is 4.00. The molecule has 0 fully saturated rings. The third-order valence-electron chi connectivity index (χ3n) is 5.86. The minimum Gasteiger partial charge on any atom is -0.384 e. The average Bonchev–Trinajstić information content (AvgIpc) is 3.33. The quantitative estimate of drug-likeness (QED) is 0.408. The zero-order valence-electron chi connectivity index (χ0n) is 18.6. The Hall–Kier alpha value is -3.41. The second-order valence-electron chi connectivity index (χ2n) is 9.16. The van der Waals surface area contributed by atoms with Crippen LogP contribution >= 0.6 is 0 Å². The van der Waals surface area contributed by atoms with Crippen LogP contribution in [0.25, 0.3) is 27.5 Å². The molecule has 31 heavy (non-hydrogen) atoms. The maximum Gasteiger partial charge on any atom is 0.170 e. The molecule has 0 atom stereocenters. The minimum atomic E-state index is -0.0684. The van der Waals surface area contributed by atoms with Crippen LogP contribution in [0.2, 0.25) is 0 Å². The summed E-state index contributed by atoms with van der Waals surface area (Å²) in [5.41, 5.74) is 4.18. The molecular formula is C25H28N6. The summed E-state index contributed by atoms with van der Waals surface area (Å²) < 4.78 is 4.31. The van der Waals surface area contributed by atoms with Crippen LogP contribution in [0.15, 0.2) is 54.7 Å². The van der Waals surface area contributed by atoms with E-state index in [4.69, 9.17) is 4.98 Å². The fourth-order valence-electron chi connectivity index (χ4n) is 4.26. The van der Waals surface area contributed by atoms with Crippen LogP contribution in [0, 0.1) is 0 Å². The van der Waals surface area contributed by atoms with E-state index in [-0.39, 0.29) is 5.41 Å². The van der Waals surface area contributed by atoms with E-state index in [0.717, 1.165) is 53.3 Å². The maximum atomic E-state index is 4.79. The number of aryl methyl sites for hydroxylation is 2. The third-order valence-corrected chi connectivity index (χ3v) is 5.86. The van der Waals surface area contributed by atoms with E-state index >= 15 is 0 Å². The van der Waals surface area contributed by atoms with Gasteiger partial charge in [0.25, 0.3) is 0 Å². The summed E-state index contributed by atoms with van der Waals surface area (Å²) in [6, 6.07) is 16.8. The second-order valence-corrected chi connectivity index (χ2v) is 9.16. The highest BCUT2D eigenvalue weighted by Gasteiger charge is 2.22. The summed E-state index contributed by atoms with van der Waals surface area (Å²) in [5, 5.41) is 15.0. The van der Waals surface area contributed by atoms with Gasteiger partial charge in [-0.3, -0.25) is 4.40 Å². The number of hydrogen-bond acceptors (Lipinski definition) is 4. The van der Waals surface area contributed by atoms with Gasteiger partial charge in [0.2, 0.25) is 0 Å². The van der Waals surface area contributed by atoms with Gasteiger partial charge in [-0.1, -0.05) is 45.0 Å². The van der Waals surface area contributed by atoms with Crippen molar-refractivity contribution in [3.05, 3.63) is 66.4 Å². The number of hydrogen-bond donors (Lipinski definition) is 1. The minimum absolute atomic E-state index is 0.0684. The van der Waals surface area contributed by atoms with Gasteiger partial charge in [-0.2, -0.15) is 0 Å². The largest absolute Gasteiger partial charge is 0.384 e. The van der Waals surface area contributed by atoms with E-state index in [0.29, 0.717) is 0 Å². The van der Waals surface area contributed by atoms with E-state index in [1.54, 1.807) is 0 Å². The lowest BCUT2D eigenvalue weighted by molar-refractivity contribution is 0.539. The predicted molar refractivity (Wildman–Crippen MR) is 127 cm³/mol. The summed E-state index contributed by atoms with van der Waals surface area (Å²) in [5.74, 6) is 2.09. The molecule has 3 heterocycles. The molecule has 1 N–H and O–H groups in total. The zero-order chi connectivity index (χ0) is 21.6. The topological polar surface area (TPSA) is 60.0 Å². The van der Waals surface area contributed by atoms with Crippen molar-refractivity contribution in [2.75, 3.05) is 11.9 Å². The highest BCUT2D eigenvalue weighted by molar-refractivity contribution is 6.03. The lowest BCUT2D eigenvalue weighted by atomic mass is 9.96. The molecule has 0 spiro atoms. The van der Waals surface area contributed by atoms with Crippen LogP contribution in [0.4, 0.5) is 5.69 Å². The van der Waals surface area contributed by atoms with Crippen LogP contribution in [0.5, 0.6) is 0 Å². The maximum absolute atomic E-state index is 4.79. The fourth-order valence-corrected chi connectivity index (χ4v) is 4.26. The Morgan fingerprint density at radius 2 is 1.81 bits per heavy atom. The normalized spacial score (nSPS) is 12.3. The third kappa shape index (κ3) is 3.42. The van der Waals surface area contributed by atoms with Crippen LogP contribution in [-0.2, 0) is 18.9 Å². The van der Waals surface area contributed by atoms with Crippen molar-refractivity contribution in [3.8, 4) is 0 Å². The molecule has 0 aliphatic carbocycles. The van der Waals surface area contributed by atoms with E-state index < -0.39 is 0 Å². The smallest absolute Gasteiger partial charge is 0.170 e. The highest BCUT2D eigenvalue weighted by Crippen LogP contribution is 2.30. The lowest BCUT2D eigenvalue weighted by Crippen LogP contribution is -2.15. The lowest BCUT2D eigenvalue weighted by Gasteiger charge is -2.16. The standard InChI is InChI=1S/C25H28N6/c1-25(2,3)24-29-28-23-22-17(14-16-31(23)24)9-7-11-19(22)26-15-8-13-21-27-18-10-5-6-12-20(18)30(21)4/h5-7,9-12,14,16,26H,8,13,15H2,1-4H3. The molecule has 6 heteroatoms. The molecule has 0 aliphatic rings. The molecule has 0 unspecified atom stereocenters. The van der Waals surface area contributed by atoms with Gasteiger partial charge in [0.1, 0.15) is 11.6 Å². The molecular weight excluding hydrogens is 384 g/mol. The predicted octanol–water partition coefficient (Wildman–Crippen LogP) is 5.11. The van der Waals surface area contributed by atoms with Gasteiger partial charge in [0.15, 0.2) is 5.65 Å². The summed E-state index contributed by atoms with van der Waals surface area (Å²) in [7, 11) is 2.09. The molecule has 0 bridgehead atoms. The number of fused-ring (bicyclic) bond motifs is 4. The van der Waals surface area contributed by atoms with Crippen molar-refractivity contribution in [1.29, 1.82) is 0 Å². The van der Waals surface area contributed by atoms with E-state index in [1.165, 1.54) is 10.9 Å². The average molecular weight is 413 g/mol.